The highest BCUT2D eigenvalue weighted by molar-refractivity contribution is 5.95. The number of benzene rings is 2. The van der Waals surface area contributed by atoms with Gasteiger partial charge in [0, 0.05) is 23.4 Å². The smallest absolute Gasteiger partial charge is 0.338 e. The third kappa shape index (κ3) is 4.56. The molecule has 2 rings (SSSR count). The molecule has 0 aliphatic carbocycles. The minimum absolute atomic E-state index is 0.00840. The second-order valence-electron chi connectivity index (χ2n) is 5.01. The average Bonchev–Trinajstić information content (AvgIpc) is 2.56. The normalized spacial score (nSPS) is 10.2. The molecule has 0 fully saturated rings. The molecule has 0 bridgehead atoms. The number of nitrogens with one attached hydrogen (secondary N) is 1. The van der Waals surface area contributed by atoms with Crippen molar-refractivity contribution in [2.45, 2.75) is 6.92 Å². The van der Waals surface area contributed by atoms with E-state index in [1.165, 1.54) is 19.1 Å². The van der Waals surface area contributed by atoms with E-state index < -0.39 is 35.0 Å². The number of rotatable bonds is 5. The second kappa shape index (κ2) is 7.47. The van der Waals surface area contributed by atoms with Crippen LogP contribution in [0, 0.1) is 28.7 Å². The van der Waals surface area contributed by atoms with Crippen LogP contribution in [0.3, 0.4) is 0 Å². The van der Waals surface area contributed by atoms with Crippen molar-refractivity contribution in [3.63, 3.8) is 0 Å². The van der Waals surface area contributed by atoms with Crippen LogP contribution in [0.2, 0.25) is 0 Å². The summed E-state index contributed by atoms with van der Waals surface area (Å²) in [5.74, 6) is -3.91. The zero-order valence-corrected chi connectivity index (χ0v) is 12.9. The Balaban J connectivity index is 1.97. The molecule has 25 heavy (non-hydrogen) atoms. The number of nitro benzene ring substituents is 1. The molecule has 0 heterocycles. The molecule has 9 heteroatoms. The Morgan fingerprint density at radius 3 is 2.52 bits per heavy atom. The lowest BCUT2D eigenvalue weighted by molar-refractivity contribution is -0.385. The molecule has 0 aromatic heterocycles. The summed E-state index contributed by atoms with van der Waals surface area (Å²) in [4.78, 5) is 33.7. The molecule has 0 spiro atoms. The quantitative estimate of drug-likeness (QED) is 0.508. The number of carbonyl (C=O) groups excluding carboxylic acids is 2. The van der Waals surface area contributed by atoms with E-state index in [4.69, 9.17) is 4.74 Å². The van der Waals surface area contributed by atoms with Crippen LogP contribution >= 0.6 is 0 Å². The number of nitrogens with zero attached hydrogens (tertiary/aromatic N) is 1. The van der Waals surface area contributed by atoms with E-state index in [1.807, 2.05) is 0 Å². The van der Waals surface area contributed by atoms with Crippen LogP contribution in [0.15, 0.2) is 36.4 Å². The SMILES string of the molecule is Cc1ccc(C(=O)OCC(=O)Nc2ccc(F)c(F)c2)cc1[N+](=O)[O-]. The molecule has 1 amide bonds. The predicted octanol–water partition coefficient (Wildman–Crippen LogP) is 2.98. The number of hydrogen-bond acceptors (Lipinski definition) is 5. The number of hydrogen-bond donors (Lipinski definition) is 1. The van der Waals surface area contributed by atoms with Crippen LogP contribution in [0.4, 0.5) is 20.2 Å². The van der Waals surface area contributed by atoms with Gasteiger partial charge < -0.3 is 10.1 Å². The van der Waals surface area contributed by atoms with E-state index in [0.29, 0.717) is 5.56 Å². The molecule has 0 unspecified atom stereocenters. The minimum atomic E-state index is -1.14. The zero-order valence-electron chi connectivity index (χ0n) is 12.9. The fourth-order valence-electron chi connectivity index (χ4n) is 1.92. The van der Waals surface area contributed by atoms with Crippen LogP contribution in [0.5, 0.6) is 0 Å². The molecule has 2 aromatic rings. The highest BCUT2D eigenvalue weighted by atomic mass is 19.2. The number of aryl methyl sites for hydroxylation is 1. The summed E-state index contributed by atoms with van der Waals surface area (Å²) in [6.45, 7) is 0.821. The highest BCUT2D eigenvalue weighted by Gasteiger charge is 2.17. The lowest BCUT2D eigenvalue weighted by Gasteiger charge is -2.07. The van der Waals surface area contributed by atoms with Gasteiger partial charge in [-0.05, 0) is 25.1 Å². The summed E-state index contributed by atoms with van der Waals surface area (Å²) in [5.41, 5.74) is 0.0298. The number of nitro groups is 1. The van der Waals surface area contributed by atoms with Gasteiger partial charge in [-0.2, -0.15) is 0 Å². The van der Waals surface area contributed by atoms with Crippen molar-refractivity contribution >= 4 is 23.3 Å². The molecular formula is C16H12F2N2O5. The maximum absolute atomic E-state index is 13.0. The molecule has 7 nitrogen and oxygen atoms in total. The zero-order chi connectivity index (χ0) is 18.6. The first kappa shape index (κ1) is 18.0. The third-order valence-corrected chi connectivity index (χ3v) is 3.18. The number of halogens is 2. The van der Waals surface area contributed by atoms with Crippen molar-refractivity contribution in [1.29, 1.82) is 0 Å². The summed E-state index contributed by atoms with van der Waals surface area (Å²) in [7, 11) is 0. The number of ether oxygens (including phenoxy) is 1. The van der Waals surface area contributed by atoms with Crippen molar-refractivity contribution in [2.75, 3.05) is 11.9 Å². The molecular weight excluding hydrogens is 338 g/mol. The first-order valence-electron chi connectivity index (χ1n) is 6.95. The van der Waals surface area contributed by atoms with Crippen molar-refractivity contribution < 1.29 is 28.0 Å². The summed E-state index contributed by atoms with van der Waals surface area (Å²) >= 11 is 0. The Bertz CT molecular complexity index is 854. The van der Waals surface area contributed by atoms with Gasteiger partial charge in [0.2, 0.25) is 0 Å². The molecule has 0 aliphatic heterocycles. The number of esters is 1. The maximum atomic E-state index is 13.0. The van der Waals surface area contributed by atoms with Crippen molar-refractivity contribution in [1.82, 2.24) is 0 Å². The van der Waals surface area contributed by atoms with Crippen LogP contribution in [-0.2, 0) is 9.53 Å². The average molecular weight is 350 g/mol. The van der Waals surface area contributed by atoms with Crippen LogP contribution in [0.25, 0.3) is 0 Å². The van der Waals surface area contributed by atoms with Gasteiger partial charge in [0.1, 0.15) is 0 Å². The van der Waals surface area contributed by atoms with Crippen LogP contribution in [-0.4, -0.2) is 23.4 Å². The van der Waals surface area contributed by atoms with Crippen LogP contribution < -0.4 is 5.32 Å². The van der Waals surface area contributed by atoms with E-state index in [0.717, 1.165) is 24.3 Å². The maximum Gasteiger partial charge on any atom is 0.338 e. The molecule has 0 saturated heterocycles. The van der Waals surface area contributed by atoms with Crippen molar-refractivity contribution in [3.8, 4) is 0 Å². The first-order valence-corrected chi connectivity index (χ1v) is 6.95. The van der Waals surface area contributed by atoms with E-state index >= 15 is 0 Å². The van der Waals surface area contributed by atoms with E-state index in [1.54, 1.807) is 0 Å². The van der Waals surface area contributed by atoms with Gasteiger partial charge in [-0.15, -0.1) is 0 Å². The summed E-state index contributed by atoms with van der Waals surface area (Å²) in [5, 5.41) is 13.1. The molecule has 0 aliphatic rings. The number of carbonyl (C=O) groups is 2. The van der Waals surface area contributed by atoms with Gasteiger partial charge in [0.05, 0.1) is 10.5 Å². The fraction of sp³-hybridized carbons (Fsp3) is 0.125. The Morgan fingerprint density at radius 1 is 1.16 bits per heavy atom. The first-order chi connectivity index (χ1) is 11.8. The number of amides is 1. The molecule has 1 N–H and O–H groups in total. The molecule has 0 saturated carbocycles. The summed E-state index contributed by atoms with van der Waals surface area (Å²) in [6.07, 6.45) is 0. The van der Waals surface area contributed by atoms with Gasteiger partial charge in [-0.25, -0.2) is 13.6 Å². The predicted molar refractivity (Wildman–Crippen MR) is 83.1 cm³/mol. The lowest BCUT2D eigenvalue weighted by atomic mass is 10.1. The highest BCUT2D eigenvalue weighted by Crippen LogP contribution is 2.19. The monoisotopic (exact) mass is 350 g/mol. The molecule has 0 atom stereocenters. The van der Waals surface area contributed by atoms with Crippen molar-refractivity contribution in [2.24, 2.45) is 0 Å². The molecule has 0 radical (unpaired) electrons. The topological polar surface area (TPSA) is 98.5 Å². The van der Waals surface area contributed by atoms with E-state index in [-0.39, 0.29) is 16.9 Å². The summed E-state index contributed by atoms with van der Waals surface area (Å²) < 4.78 is 30.6. The second-order valence-corrected chi connectivity index (χ2v) is 5.01. The Hall–Kier alpha value is -3.36. The minimum Gasteiger partial charge on any atom is -0.452 e. The van der Waals surface area contributed by atoms with Gasteiger partial charge in [0.25, 0.3) is 11.6 Å². The van der Waals surface area contributed by atoms with E-state index in [9.17, 15) is 28.5 Å². The number of anilines is 1. The lowest BCUT2D eigenvalue weighted by Crippen LogP contribution is -2.21. The fourth-order valence-corrected chi connectivity index (χ4v) is 1.92. The molecule has 2 aromatic carbocycles. The summed E-state index contributed by atoms with van der Waals surface area (Å²) in [6, 6.07) is 6.52. The Labute approximate surface area is 140 Å². The van der Waals surface area contributed by atoms with Crippen molar-refractivity contribution in [3.05, 3.63) is 69.3 Å². The Kier molecular flexibility index (Phi) is 5.38. The Morgan fingerprint density at radius 2 is 1.88 bits per heavy atom. The van der Waals surface area contributed by atoms with E-state index in [2.05, 4.69) is 5.32 Å². The largest absolute Gasteiger partial charge is 0.452 e. The van der Waals surface area contributed by atoms with Gasteiger partial charge in [-0.1, -0.05) is 6.07 Å². The van der Waals surface area contributed by atoms with Gasteiger partial charge in [-0.3, -0.25) is 14.9 Å². The van der Waals surface area contributed by atoms with Gasteiger partial charge in [0.15, 0.2) is 18.2 Å². The van der Waals surface area contributed by atoms with Gasteiger partial charge >= 0.3 is 5.97 Å². The standard InChI is InChI=1S/C16H12F2N2O5/c1-9-2-3-10(6-14(9)20(23)24)16(22)25-8-15(21)19-11-4-5-12(17)13(18)7-11/h2-7H,8H2,1H3,(H,19,21). The third-order valence-electron chi connectivity index (χ3n) is 3.18. The van der Waals surface area contributed by atoms with Crippen LogP contribution in [0.1, 0.15) is 15.9 Å². The molecule has 130 valence electrons.